The van der Waals surface area contributed by atoms with Crippen molar-refractivity contribution in [3.8, 4) is 0 Å². The molecule has 0 saturated heterocycles. The molecule has 0 aromatic carbocycles. The second kappa shape index (κ2) is 18.9. The number of allylic oxidation sites excluding steroid dienone is 6. The second-order valence-electron chi connectivity index (χ2n) is 14.3. The first-order valence-electron chi connectivity index (χ1n) is 14.4. The Hall–Kier alpha value is -2.74. The molecular weight excluding hydrogens is 944 g/mol. The molecule has 0 spiro atoms. The first kappa shape index (κ1) is 61.9. The van der Waals surface area contributed by atoms with Crippen LogP contribution in [-0.4, -0.2) is 71.4 Å². The molecule has 6 nitrogen and oxygen atoms in total. The molecule has 0 atom stereocenters. The zero-order valence-corrected chi connectivity index (χ0v) is 33.5. The quantitative estimate of drug-likeness (QED) is 0.131. The van der Waals surface area contributed by atoms with Gasteiger partial charge in [-0.05, 0) is 34.5 Å². The van der Waals surface area contributed by atoms with Crippen LogP contribution in [0.15, 0.2) is 35.5 Å². The van der Waals surface area contributed by atoms with E-state index in [0.29, 0.717) is 0 Å². The number of carbonyl (C=O) groups is 3. The minimum Gasteiger partial charge on any atom is -0.875 e. The normalized spacial score (nSPS) is 15.3. The van der Waals surface area contributed by atoms with E-state index in [4.69, 9.17) is 0 Å². The van der Waals surface area contributed by atoms with Gasteiger partial charge in [0.1, 0.15) is 0 Å². The summed E-state index contributed by atoms with van der Waals surface area (Å²) >= 11 is 0. The molecule has 0 aromatic heterocycles. The third kappa shape index (κ3) is 14.8. The number of alkyl halides is 21. The van der Waals surface area contributed by atoms with Gasteiger partial charge in [-0.15, -0.1) is 17.3 Å². The van der Waals surface area contributed by atoms with Crippen molar-refractivity contribution in [1.82, 2.24) is 0 Å². The van der Waals surface area contributed by atoms with Crippen molar-refractivity contribution in [2.24, 2.45) is 16.2 Å². The van der Waals surface area contributed by atoms with E-state index < -0.39 is 123 Å². The van der Waals surface area contributed by atoms with Crippen LogP contribution < -0.4 is 15.3 Å². The van der Waals surface area contributed by atoms with Gasteiger partial charge in [-0.25, -0.2) is 0 Å². The molecule has 0 N–H and O–H groups in total. The Kier molecular flexibility index (Phi) is 20.2. The molecule has 0 bridgehead atoms. The van der Waals surface area contributed by atoms with Gasteiger partial charge in [0.05, 0.1) is 0 Å². The fraction of sp³-hybridized carbons (Fsp3) is 0.700. The van der Waals surface area contributed by atoms with Crippen molar-refractivity contribution in [2.75, 3.05) is 0 Å². The summed E-state index contributed by atoms with van der Waals surface area (Å²) in [4.78, 5) is 32.4. The van der Waals surface area contributed by atoms with Gasteiger partial charge < -0.3 is 15.3 Å². The fourth-order valence-corrected chi connectivity index (χ4v) is 2.28. The number of halogens is 21. The molecule has 0 radical (unpaired) electrons. The van der Waals surface area contributed by atoms with E-state index in [2.05, 4.69) is 0 Å². The Morgan fingerprint density at radius 2 is 0.448 bits per heavy atom. The fourth-order valence-electron chi connectivity index (χ4n) is 2.28. The zero-order valence-electron chi connectivity index (χ0n) is 30.7. The predicted molar refractivity (Wildman–Crippen MR) is 145 cm³/mol. The number of hydrogen-bond donors (Lipinski definition) is 0. The zero-order chi connectivity index (χ0) is 47.6. The van der Waals surface area contributed by atoms with Crippen LogP contribution in [0.1, 0.15) is 62.3 Å². The summed E-state index contributed by atoms with van der Waals surface area (Å²) in [5, 5.41) is 33.5. The Morgan fingerprint density at radius 3 is 0.534 bits per heavy atom. The molecule has 0 aliphatic rings. The molecule has 0 rings (SSSR count). The van der Waals surface area contributed by atoms with E-state index in [9.17, 15) is 122 Å². The molecule has 0 fully saturated rings. The first-order chi connectivity index (χ1) is 24.1. The van der Waals surface area contributed by atoms with E-state index in [1.165, 1.54) is 62.3 Å². The van der Waals surface area contributed by atoms with Gasteiger partial charge in [0, 0.05) is 0 Å². The maximum atomic E-state index is 12.8. The van der Waals surface area contributed by atoms with E-state index >= 15 is 0 Å². The van der Waals surface area contributed by atoms with E-state index in [1.54, 1.807) is 0 Å². The molecule has 0 aromatic rings. The van der Waals surface area contributed by atoms with Crippen molar-refractivity contribution in [3.63, 3.8) is 0 Å². The van der Waals surface area contributed by atoms with Crippen LogP contribution >= 0.6 is 0 Å². The van der Waals surface area contributed by atoms with Crippen LogP contribution in [0.4, 0.5) is 92.2 Å². The average molecular weight is 974 g/mol. The SMILES string of the molecule is CC(C)(C)/C([O-])=C/C(=O)C(F)(F)C(F)(F)C(F)(F)F.CC(C)(C)/C([O-])=C/C(=O)C(F)(F)C(F)(F)C(F)(F)F.CC(C)(C)/C([O-])=C/C(=O)C(F)(F)C(F)(F)C(F)(F)F.[Y+3]. The molecule has 0 unspecified atom stereocenters. The van der Waals surface area contributed by atoms with Gasteiger partial charge >= 0.3 is 86.8 Å². The molecule has 0 saturated carbocycles. The Balaban J connectivity index is -0.000000374. The van der Waals surface area contributed by atoms with Gasteiger partial charge in [0.25, 0.3) is 0 Å². The average Bonchev–Trinajstić information content (AvgIpc) is 2.93. The Labute approximate surface area is 339 Å². The first-order valence-corrected chi connectivity index (χ1v) is 14.4. The Bertz CT molecular complexity index is 1350. The van der Waals surface area contributed by atoms with Gasteiger partial charge in [0.2, 0.25) is 17.3 Å². The largest absolute Gasteiger partial charge is 3.00 e. The second-order valence-corrected chi connectivity index (χ2v) is 14.3. The number of hydrogen-bond acceptors (Lipinski definition) is 6. The van der Waals surface area contributed by atoms with Crippen LogP contribution in [0, 0.1) is 16.2 Å². The monoisotopic (exact) mass is 974 g/mol. The number of rotatable bonds is 9. The van der Waals surface area contributed by atoms with Crippen LogP contribution in [0.5, 0.6) is 0 Å². The van der Waals surface area contributed by atoms with E-state index in [0.717, 1.165) is 0 Å². The van der Waals surface area contributed by atoms with Crippen LogP contribution in [0.3, 0.4) is 0 Å². The molecular formula is C30H30F21O6Y. The van der Waals surface area contributed by atoms with Gasteiger partial charge in [-0.2, -0.15) is 92.2 Å². The topological polar surface area (TPSA) is 120 Å². The van der Waals surface area contributed by atoms with Crippen LogP contribution in [-0.2, 0) is 47.1 Å². The minimum absolute atomic E-state index is 0. The molecule has 0 aliphatic heterocycles. The minimum atomic E-state index is -6.61. The summed E-state index contributed by atoms with van der Waals surface area (Å²) in [6.45, 7) is 10.6. The van der Waals surface area contributed by atoms with Gasteiger partial charge in [0.15, 0.2) is 0 Å². The van der Waals surface area contributed by atoms with Gasteiger partial charge in [-0.3, -0.25) is 14.4 Å². The summed E-state index contributed by atoms with van der Waals surface area (Å²) in [5.41, 5.74) is -4.09. The maximum Gasteiger partial charge on any atom is 3.00 e. The Morgan fingerprint density at radius 1 is 0.328 bits per heavy atom. The summed E-state index contributed by atoms with van der Waals surface area (Å²) in [5.74, 6) is -50.2. The van der Waals surface area contributed by atoms with Crippen molar-refractivity contribution >= 4 is 17.3 Å². The molecule has 0 heterocycles. The van der Waals surface area contributed by atoms with Crippen LogP contribution in [0.2, 0.25) is 0 Å². The van der Waals surface area contributed by atoms with Crippen molar-refractivity contribution in [3.05, 3.63) is 35.5 Å². The van der Waals surface area contributed by atoms with Crippen molar-refractivity contribution in [2.45, 2.75) is 116 Å². The summed E-state index contributed by atoms with van der Waals surface area (Å²) in [6, 6.07) is 0. The number of ketones is 3. The maximum absolute atomic E-state index is 12.8. The molecule has 0 aliphatic carbocycles. The predicted octanol–water partition coefficient (Wildman–Crippen LogP) is 8.03. The third-order valence-electron chi connectivity index (χ3n) is 6.18. The standard InChI is InChI=1S/3C10H11F7O2.Y/c3*1-7(2,3)5(18)4-6(19)8(11,12)9(13,14)10(15,16)17;/h3*4,18H,1-3H3;/q;;;+3/p-3/b3*5-4-;. The van der Waals surface area contributed by atoms with Crippen molar-refractivity contribution < 1.29 is 155 Å². The number of carbonyl (C=O) groups excluding carboxylic acids is 3. The van der Waals surface area contributed by atoms with Crippen LogP contribution in [0.25, 0.3) is 0 Å². The summed E-state index contributed by atoms with van der Waals surface area (Å²) < 4.78 is 258. The van der Waals surface area contributed by atoms with Crippen molar-refractivity contribution in [1.29, 1.82) is 0 Å². The third-order valence-corrected chi connectivity index (χ3v) is 6.18. The molecule has 28 heteroatoms. The molecule has 336 valence electrons. The smallest absolute Gasteiger partial charge is 0.875 e. The van der Waals surface area contributed by atoms with E-state index in [1.807, 2.05) is 0 Å². The summed E-state index contributed by atoms with van der Waals surface area (Å²) in [7, 11) is 0. The molecule has 0 amide bonds. The van der Waals surface area contributed by atoms with Gasteiger partial charge in [-0.1, -0.05) is 62.3 Å². The molecule has 58 heavy (non-hydrogen) atoms. The van der Waals surface area contributed by atoms with E-state index in [-0.39, 0.29) is 32.7 Å². The summed E-state index contributed by atoms with van der Waals surface area (Å²) in [6.07, 6.45) is -21.1.